The van der Waals surface area contributed by atoms with Crippen LogP contribution in [0.1, 0.15) is 63.8 Å². The Morgan fingerprint density at radius 3 is 2.76 bits per heavy atom. The third kappa shape index (κ3) is 1.69. The highest BCUT2D eigenvalue weighted by Gasteiger charge is 2.91. The summed E-state index contributed by atoms with van der Waals surface area (Å²) in [5.74, 6) is 0.950. The maximum absolute atomic E-state index is 14.2. The predicted octanol–water partition coefficient (Wildman–Crippen LogP) is 2.94. The molecule has 2 aliphatic carbocycles. The van der Waals surface area contributed by atoms with Gasteiger partial charge in [0, 0.05) is 29.3 Å². The molecule has 1 amide bonds. The monoisotopic (exact) mass is 459 g/mol. The fraction of sp³-hybridized carbons (Fsp3) is 0.556. The number of hydrogen-bond donors (Lipinski definition) is 2. The molecule has 3 saturated heterocycles. The van der Waals surface area contributed by atoms with E-state index in [-0.39, 0.29) is 17.6 Å². The van der Waals surface area contributed by atoms with E-state index in [9.17, 15) is 14.8 Å². The lowest BCUT2D eigenvalue weighted by molar-refractivity contribution is -0.146. The number of benzene rings is 1. The molecule has 4 fully saturated rings. The minimum absolute atomic E-state index is 0.0781. The first-order valence-corrected chi connectivity index (χ1v) is 12.4. The standard InChI is InChI=1S/C27H29N3O4/c1-23(2)10-8-15-17(34-23)7-6-14-16-12-25-18(24(3,4)20(16)30(33)19(14)15)13-26(28-25)21(31)27(26)9-5-11-29(27)22(25)32/h6-8,10,18,28,33H,5,9,11-13H2,1-4H3/t18?,25-,26?,27?/m0/s1. The summed E-state index contributed by atoms with van der Waals surface area (Å²) < 4.78 is 7.52. The van der Waals surface area contributed by atoms with Gasteiger partial charge in [0.25, 0.3) is 0 Å². The summed E-state index contributed by atoms with van der Waals surface area (Å²) in [6.07, 6.45) is 6.84. The maximum atomic E-state index is 14.2. The molecule has 3 unspecified atom stereocenters. The van der Waals surface area contributed by atoms with Crippen LogP contribution in [0.3, 0.4) is 0 Å². The fourth-order valence-electron chi connectivity index (χ4n) is 8.78. The van der Waals surface area contributed by atoms with Gasteiger partial charge in [-0.05, 0) is 68.9 Å². The highest BCUT2D eigenvalue weighted by Crippen LogP contribution is 2.70. The second-order valence-electron chi connectivity index (χ2n) is 12.5. The molecule has 2 aromatic rings. The minimum Gasteiger partial charge on any atom is -0.483 e. The molecule has 3 spiro atoms. The third-order valence-corrected chi connectivity index (χ3v) is 10.1. The van der Waals surface area contributed by atoms with Crippen molar-refractivity contribution in [2.75, 3.05) is 6.54 Å². The van der Waals surface area contributed by atoms with Crippen molar-refractivity contribution in [1.82, 2.24) is 14.9 Å². The van der Waals surface area contributed by atoms with Gasteiger partial charge in [-0.25, -0.2) is 0 Å². The number of ether oxygens (including phenoxy) is 1. The average molecular weight is 460 g/mol. The van der Waals surface area contributed by atoms with E-state index >= 15 is 0 Å². The van der Waals surface area contributed by atoms with E-state index in [1.54, 1.807) is 0 Å². The molecular weight excluding hydrogens is 430 g/mol. The van der Waals surface area contributed by atoms with Crippen LogP contribution in [0, 0.1) is 5.92 Å². The molecule has 2 N–H and O–H groups in total. The van der Waals surface area contributed by atoms with Crippen LogP contribution in [-0.4, -0.2) is 55.3 Å². The molecule has 176 valence electrons. The Bertz CT molecular complexity index is 1430. The number of aromatic nitrogens is 1. The number of carbonyl (C=O) groups excluding carboxylic acids is 2. The number of amides is 1. The fourth-order valence-corrected chi connectivity index (χ4v) is 8.78. The van der Waals surface area contributed by atoms with Crippen LogP contribution < -0.4 is 10.1 Å². The van der Waals surface area contributed by atoms with Gasteiger partial charge >= 0.3 is 0 Å². The van der Waals surface area contributed by atoms with Crippen molar-refractivity contribution in [1.29, 1.82) is 0 Å². The topological polar surface area (TPSA) is 83.8 Å². The van der Waals surface area contributed by atoms with Crippen molar-refractivity contribution in [3.05, 3.63) is 35.0 Å². The second-order valence-corrected chi connectivity index (χ2v) is 12.5. The SMILES string of the molecule is CC1(C)C=Cc2c(ccc3c4c(n(O)c23)C(C)(C)C2CC35N[C@]2(C4)C(=O)N2CCCC23C5=O)O1. The van der Waals surface area contributed by atoms with E-state index in [1.165, 1.54) is 4.73 Å². The minimum atomic E-state index is -0.810. The lowest BCUT2D eigenvalue weighted by Crippen LogP contribution is -2.70. The van der Waals surface area contributed by atoms with E-state index in [0.29, 0.717) is 19.4 Å². The van der Waals surface area contributed by atoms with E-state index < -0.39 is 27.6 Å². The summed E-state index contributed by atoms with van der Waals surface area (Å²) in [4.78, 5) is 29.4. The number of nitrogens with zero attached hydrogens (tertiary/aromatic N) is 2. The Morgan fingerprint density at radius 1 is 1.18 bits per heavy atom. The molecule has 7 nitrogen and oxygen atoms in total. The quantitative estimate of drug-likeness (QED) is 0.592. The van der Waals surface area contributed by atoms with E-state index in [1.807, 2.05) is 43.0 Å². The first kappa shape index (κ1) is 19.5. The van der Waals surface area contributed by atoms with Crippen molar-refractivity contribution < 1.29 is 19.5 Å². The van der Waals surface area contributed by atoms with E-state index in [0.717, 1.165) is 46.3 Å². The highest BCUT2D eigenvalue weighted by molar-refractivity contribution is 6.22. The van der Waals surface area contributed by atoms with Crippen LogP contribution in [0.5, 0.6) is 5.75 Å². The Balaban J connectivity index is 1.38. The third-order valence-electron chi connectivity index (χ3n) is 10.1. The van der Waals surface area contributed by atoms with Gasteiger partial charge in [0.05, 0.1) is 11.2 Å². The lowest BCUT2D eigenvalue weighted by atomic mass is 9.59. The van der Waals surface area contributed by atoms with Crippen LogP contribution in [0.4, 0.5) is 0 Å². The van der Waals surface area contributed by atoms with Gasteiger partial charge in [0.15, 0.2) is 5.78 Å². The molecular formula is C27H29N3O4. The molecule has 1 aromatic heterocycles. The van der Waals surface area contributed by atoms with Crippen LogP contribution >= 0.6 is 0 Å². The van der Waals surface area contributed by atoms with Gasteiger partial charge in [-0.3, -0.25) is 14.9 Å². The molecule has 34 heavy (non-hydrogen) atoms. The van der Waals surface area contributed by atoms with Gasteiger partial charge in [-0.15, -0.1) is 0 Å². The van der Waals surface area contributed by atoms with Crippen molar-refractivity contribution in [2.45, 2.75) is 81.0 Å². The summed E-state index contributed by atoms with van der Waals surface area (Å²) >= 11 is 0. The molecule has 1 aromatic carbocycles. The van der Waals surface area contributed by atoms with Crippen molar-refractivity contribution in [3.63, 3.8) is 0 Å². The molecule has 0 radical (unpaired) electrons. The predicted molar refractivity (Wildman–Crippen MR) is 125 cm³/mol. The number of nitrogens with one attached hydrogen (secondary N) is 1. The summed E-state index contributed by atoms with van der Waals surface area (Å²) in [6.45, 7) is 8.94. The van der Waals surface area contributed by atoms with Gasteiger partial charge < -0.3 is 14.8 Å². The number of fused-ring (bicyclic) bond motifs is 5. The zero-order chi connectivity index (χ0) is 23.6. The maximum Gasteiger partial charge on any atom is 0.244 e. The lowest BCUT2D eigenvalue weighted by Gasteiger charge is -2.50. The number of Topliss-reactive ketones (excluding diaryl/α,β-unsaturated/α-hetero) is 1. The summed E-state index contributed by atoms with van der Waals surface area (Å²) in [6, 6.07) is 3.99. The second kappa shape index (κ2) is 5.08. The molecule has 6 aliphatic rings. The Morgan fingerprint density at radius 2 is 1.97 bits per heavy atom. The van der Waals surface area contributed by atoms with E-state index in [2.05, 4.69) is 19.2 Å². The first-order valence-electron chi connectivity index (χ1n) is 12.4. The number of rotatable bonds is 0. The van der Waals surface area contributed by atoms with Crippen LogP contribution in [0.2, 0.25) is 0 Å². The average Bonchev–Trinajstić information content (AvgIpc) is 3.22. The number of hydrogen-bond acceptors (Lipinski definition) is 5. The van der Waals surface area contributed by atoms with Gasteiger partial charge in [-0.1, -0.05) is 13.8 Å². The molecule has 7 heteroatoms. The van der Waals surface area contributed by atoms with Gasteiger partial charge in [0.2, 0.25) is 5.91 Å². The Hall–Kier alpha value is -2.80. The molecule has 2 bridgehead atoms. The van der Waals surface area contributed by atoms with Gasteiger partial charge in [0.1, 0.15) is 28.0 Å². The summed E-state index contributed by atoms with van der Waals surface area (Å²) in [5.41, 5.74) is 0.477. The van der Waals surface area contributed by atoms with E-state index in [4.69, 9.17) is 4.74 Å². The molecule has 5 heterocycles. The van der Waals surface area contributed by atoms with Gasteiger partial charge in [-0.2, -0.15) is 4.73 Å². The Labute approximate surface area is 197 Å². The van der Waals surface area contributed by atoms with Crippen molar-refractivity contribution in [2.24, 2.45) is 5.92 Å². The Kier molecular flexibility index (Phi) is 2.91. The van der Waals surface area contributed by atoms with Crippen LogP contribution in [0.25, 0.3) is 17.0 Å². The van der Waals surface area contributed by atoms with Crippen LogP contribution in [-0.2, 0) is 21.4 Å². The normalized spacial score (nSPS) is 39.3. The summed E-state index contributed by atoms with van der Waals surface area (Å²) in [5, 5.41) is 16.2. The summed E-state index contributed by atoms with van der Waals surface area (Å²) in [7, 11) is 0. The number of carbonyl (C=O) groups is 2. The number of piperazine rings is 1. The smallest absolute Gasteiger partial charge is 0.244 e. The molecule has 1 saturated carbocycles. The van der Waals surface area contributed by atoms with Crippen LogP contribution in [0.15, 0.2) is 18.2 Å². The molecule has 4 atom stereocenters. The van der Waals surface area contributed by atoms with Crippen molar-refractivity contribution >= 4 is 28.7 Å². The number of ketones is 1. The largest absolute Gasteiger partial charge is 0.483 e. The first-order chi connectivity index (χ1) is 16.0. The molecule has 4 aliphatic heterocycles. The highest BCUT2D eigenvalue weighted by atomic mass is 16.5. The molecule has 8 rings (SSSR count). The van der Waals surface area contributed by atoms with Crippen molar-refractivity contribution in [3.8, 4) is 5.75 Å². The zero-order valence-corrected chi connectivity index (χ0v) is 20.0. The zero-order valence-electron chi connectivity index (χ0n) is 20.0.